The van der Waals surface area contributed by atoms with Crippen LogP contribution in [0.4, 0.5) is 0 Å². The first kappa shape index (κ1) is 14.4. The molecule has 88 valence electrons. The summed E-state index contributed by atoms with van der Waals surface area (Å²) in [6.07, 6.45) is 1.50. The molecule has 0 aliphatic carbocycles. The highest BCUT2D eigenvalue weighted by molar-refractivity contribution is 9.10. The third-order valence-electron chi connectivity index (χ3n) is 1.87. The van der Waals surface area contributed by atoms with E-state index in [2.05, 4.69) is 20.7 Å². The predicted molar refractivity (Wildman–Crippen MR) is 59.8 cm³/mol. The van der Waals surface area contributed by atoms with Gasteiger partial charge in [0.25, 0.3) is 0 Å². The van der Waals surface area contributed by atoms with E-state index < -0.39 is 22.9 Å². The highest BCUT2D eigenvalue weighted by Crippen LogP contribution is 2.10. The molecule has 0 aromatic carbocycles. The molecule has 0 spiro atoms. The number of hydrogen-bond donors (Lipinski definition) is 0. The molecule has 0 heterocycles. The van der Waals surface area contributed by atoms with Crippen molar-refractivity contribution in [2.75, 3.05) is 7.11 Å². The summed E-state index contributed by atoms with van der Waals surface area (Å²) in [7, 11) is 1.28. The monoisotopic (exact) mass is 280 g/mol. The number of carbonyl (C=O) groups excluding carboxylic acids is 2. The largest absolute Gasteiger partial charge is 0.466 e. The number of unbranched alkanes of at least 4 members (excludes halogenated alkanes) is 1. The minimum absolute atomic E-state index is 0.411. The van der Waals surface area contributed by atoms with E-state index in [0.717, 1.165) is 12.8 Å². The van der Waals surface area contributed by atoms with Gasteiger partial charge in [0.15, 0.2) is 6.10 Å². The Morgan fingerprint density at radius 2 is 1.93 bits per heavy atom. The summed E-state index contributed by atoms with van der Waals surface area (Å²) < 4.78 is 9.56. The van der Waals surface area contributed by atoms with E-state index in [-0.39, 0.29) is 0 Å². The lowest BCUT2D eigenvalue weighted by Gasteiger charge is -2.15. The SMILES string of the molecule is CCCCC(OC(=O)C(C)Br)C(=O)OC. The molecule has 2 atom stereocenters. The Bertz CT molecular complexity index is 215. The number of ether oxygens (including phenoxy) is 2. The van der Waals surface area contributed by atoms with Gasteiger partial charge in [0, 0.05) is 0 Å². The molecule has 15 heavy (non-hydrogen) atoms. The molecular formula is C10H17BrO4. The summed E-state index contributed by atoms with van der Waals surface area (Å²) in [5.41, 5.74) is 0. The predicted octanol–water partition coefficient (Wildman–Crippen LogP) is 2.04. The van der Waals surface area contributed by atoms with Gasteiger partial charge in [-0.2, -0.15) is 0 Å². The van der Waals surface area contributed by atoms with Gasteiger partial charge in [0.1, 0.15) is 4.83 Å². The van der Waals surface area contributed by atoms with Crippen LogP contribution in [0.25, 0.3) is 0 Å². The lowest BCUT2D eigenvalue weighted by molar-refractivity contribution is -0.165. The van der Waals surface area contributed by atoms with Crippen molar-refractivity contribution in [2.24, 2.45) is 0 Å². The third-order valence-corrected chi connectivity index (χ3v) is 2.24. The van der Waals surface area contributed by atoms with Gasteiger partial charge in [-0.3, -0.25) is 4.79 Å². The molecule has 4 nitrogen and oxygen atoms in total. The van der Waals surface area contributed by atoms with E-state index in [1.165, 1.54) is 7.11 Å². The topological polar surface area (TPSA) is 52.6 Å². The van der Waals surface area contributed by atoms with E-state index in [1.54, 1.807) is 6.92 Å². The smallest absolute Gasteiger partial charge is 0.347 e. The summed E-state index contributed by atoms with van der Waals surface area (Å²) >= 11 is 3.08. The van der Waals surface area contributed by atoms with Crippen LogP contribution < -0.4 is 0 Å². The molecule has 0 amide bonds. The Labute approximate surface area is 98.4 Å². The van der Waals surface area contributed by atoms with Crippen LogP contribution >= 0.6 is 15.9 Å². The first-order valence-electron chi connectivity index (χ1n) is 4.95. The van der Waals surface area contributed by atoms with Gasteiger partial charge in [0.05, 0.1) is 7.11 Å². The Morgan fingerprint density at radius 3 is 2.33 bits per heavy atom. The quantitative estimate of drug-likeness (QED) is 0.552. The maximum atomic E-state index is 11.3. The van der Waals surface area contributed by atoms with Crippen molar-refractivity contribution in [3.05, 3.63) is 0 Å². The molecule has 0 bridgehead atoms. The van der Waals surface area contributed by atoms with Crippen LogP contribution in [0.2, 0.25) is 0 Å². The van der Waals surface area contributed by atoms with Gasteiger partial charge in [-0.15, -0.1) is 0 Å². The number of carbonyl (C=O) groups is 2. The minimum atomic E-state index is -0.776. The second-order valence-corrected chi connectivity index (χ2v) is 4.58. The number of halogens is 1. The second-order valence-electron chi connectivity index (χ2n) is 3.21. The van der Waals surface area contributed by atoms with Crippen LogP contribution in [-0.2, 0) is 19.1 Å². The first-order chi connectivity index (χ1) is 7.02. The highest BCUT2D eigenvalue weighted by atomic mass is 79.9. The van der Waals surface area contributed by atoms with Gasteiger partial charge in [-0.05, 0) is 19.8 Å². The fourth-order valence-corrected chi connectivity index (χ4v) is 1.09. The third kappa shape index (κ3) is 5.77. The van der Waals surface area contributed by atoms with Crippen molar-refractivity contribution < 1.29 is 19.1 Å². The minimum Gasteiger partial charge on any atom is -0.466 e. The van der Waals surface area contributed by atoms with Crippen LogP contribution in [0.1, 0.15) is 33.1 Å². The summed E-state index contributed by atoms with van der Waals surface area (Å²) in [6.45, 7) is 3.65. The van der Waals surface area contributed by atoms with E-state index in [0.29, 0.717) is 6.42 Å². The second kappa shape index (κ2) is 7.68. The van der Waals surface area contributed by atoms with Crippen LogP contribution in [0.3, 0.4) is 0 Å². The summed E-state index contributed by atoms with van der Waals surface area (Å²) in [5.74, 6) is -0.938. The molecular weight excluding hydrogens is 264 g/mol. The summed E-state index contributed by atoms with van der Waals surface area (Å²) in [6, 6.07) is 0. The van der Waals surface area contributed by atoms with Gasteiger partial charge < -0.3 is 9.47 Å². The number of esters is 2. The first-order valence-corrected chi connectivity index (χ1v) is 5.86. The highest BCUT2D eigenvalue weighted by Gasteiger charge is 2.24. The zero-order chi connectivity index (χ0) is 11.8. The average molecular weight is 281 g/mol. The Kier molecular flexibility index (Phi) is 7.38. The normalized spacial score (nSPS) is 14.1. The molecule has 0 aromatic heterocycles. The van der Waals surface area contributed by atoms with Crippen molar-refractivity contribution in [1.29, 1.82) is 0 Å². The lowest BCUT2D eigenvalue weighted by atomic mass is 10.1. The maximum Gasteiger partial charge on any atom is 0.347 e. The zero-order valence-corrected chi connectivity index (χ0v) is 10.9. The molecule has 0 N–H and O–H groups in total. The number of methoxy groups -OCH3 is 1. The molecule has 2 unspecified atom stereocenters. The van der Waals surface area contributed by atoms with E-state index >= 15 is 0 Å². The van der Waals surface area contributed by atoms with Crippen LogP contribution in [0, 0.1) is 0 Å². The molecule has 0 aliphatic heterocycles. The van der Waals surface area contributed by atoms with E-state index in [4.69, 9.17) is 4.74 Å². The van der Waals surface area contributed by atoms with Gasteiger partial charge in [-0.25, -0.2) is 4.79 Å². The van der Waals surface area contributed by atoms with Crippen molar-refractivity contribution >= 4 is 27.9 Å². The average Bonchev–Trinajstić information content (AvgIpc) is 2.22. The molecule has 5 heteroatoms. The zero-order valence-electron chi connectivity index (χ0n) is 9.29. The lowest BCUT2D eigenvalue weighted by Crippen LogP contribution is -2.30. The van der Waals surface area contributed by atoms with Crippen molar-refractivity contribution in [3.63, 3.8) is 0 Å². The van der Waals surface area contributed by atoms with Gasteiger partial charge in [0.2, 0.25) is 0 Å². The fourth-order valence-electron chi connectivity index (χ4n) is 0.980. The van der Waals surface area contributed by atoms with Crippen molar-refractivity contribution in [1.82, 2.24) is 0 Å². The molecule has 0 rings (SSSR count). The Hall–Kier alpha value is -0.580. The van der Waals surface area contributed by atoms with Crippen LogP contribution in [-0.4, -0.2) is 30.0 Å². The van der Waals surface area contributed by atoms with E-state index in [1.807, 2.05) is 6.92 Å². The molecule has 0 saturated heterocycles. The molecule has 0 fully saturated rings. The molecule has 0 saturated carbocycles. The molecule has 0 aromatic rings. The van der Waals surface area contributed by atoms with Gasteiger partial charge >= 0.3 is 11.9 Å². The van der Waals surface area contributed by atoms with Crippen molar-refractivity contribution in [2.45, 2.75) is 44.0 Å². The summed E-state index contributed by atoms with van der Waals surface area (Å²) in [4.78, 5) is 22.1. The van der Waals surface area contributed by atoms with Crippen LogP contribution in [0.5, 0.6) is 0 Å². The molecule has 0 aliphatic rings. The van der Waals surface area contributed by atoms with Crippen LogP contribution in [0.15, 0.2) is 0 Å². The van der Waals surface area contributed by atoms with Gasteiger partial charge in [-0.1, -0.05) is 29.3 Å². The standard InChI is InChI=1S/C10H17BrO4/c1-4-5-6-8(10(13)14-3)15-9(12)7(2)11/h7-8H,4-6H2,1-3H3. The maximum absolute atomic E-state index is 11.3. The fraction of sp³-hybridized carbons (Fsp3) is 0.800. The number of hydrogen-bond acceptors (Lipinski definition) is 4. The molecule has 0 radical (unpaired) electrons. The number of rotatable bonds is 6. The van der Waals surface area contributed by atoms with E-state index in [9.17, 15) is 9.59 Å². The summed E-state index contributed by atoms with van der Waals surface area (Å²) in [5, 5.41) is 0. The van der Waals surface area contributed by atoms with Crippen molar-refractivity contribution in [3.8, 4) is 0 Å². The number of alkyl halides is 1. The Morgan fingerprint density at radius 1 is 1.33 bits per heavy atom. The Balaban J connectivity index is 4.23.